The van der Waals surface area contributed by atoms with Crippen molar-refractivity contribution in [2.24, 2.45) is 5.92 Å². The van der Waals surface area contributed by atoms with Crippen LogP contribution in [0.1, 0.15) is 45.9 Å². The van der Waals surface area contributed by atoms with Gasteiger partial charge < -0.3 is 19.3 Å². The maximum absolute atomic E-state index is 12.3. The number of hydrogen-bond donors (Lipinski definition) is 1. The van der Waals surface area contributed by atoms with Gasteiger partial charge in [0.15, 0.2) is 17.6 Å². The van der Waals surface area contributed by atoms with Crippen molar-refractivity contribution < 1.29 is 41.9 Å². The molecule has 1 spiro atoms. The van der Waals surface area contributed by atoms with E-state index in [0.717, 1.165) is 11.1 Å². The Kier molecular flexibility index (Phi) is 3.26. The Bertz CT molecular complexity index is 1200. The Morgan fingerprint density at radius 3 is 2.90 bits per heavy atom. The van der Waals surface area contributed by atoms with Crippen LogP contribution in [-0.4, -0.2) is 59.3 Å². The van der Waals surface area contributed by atoms with E-state index < -0.39 is 49.2 Å². The first-order valence-corrected chi connectivity index (χ1v) is 10.1. The van der Waals surface area contributed by atoms with Crippen molar-refractivity contribution in [1.29, 1.82) is 0 Å². The van der Waals surface area contributed by atoms with Gasteiger partial charge in [0, 0.05) is 51.4 Å². The first-order valence-electron chi connectivity index (χ1n) is 13.1. The molecule has 8 heteroatoms. The zero-order valence-electron chi connectivity index (χ0n) is 22.5. The number of piperidine rings is 1. The number of likely N-dealkylation sites (tertiary alicyclic amines) is 1. The summed E-state index contributed by atoms with van der Waals surface area (Å²) in [6.07, 6.45) is 2.55. The zero-order chi connectivity index (χ0) is 26.9. The van der Waals surface area contributed by atoms with Crippen LogP contribution in [0.2, 0.25) is 0 Å². The van der Waals surface area contributed by atoms with Crippen LogP contribution in [0.3, 0.4) is 0 Å². The lowest BCUT2D eigenvalue weighted by Gasteiger charge is -2.57. The molecule has 1 N–H and O–H groups in total. The molecule has 5 atom stereocenters. The van der Waals surface area contributed by atoms with Crippen molar-refractivity contribution >= 4 is 17.9 Å². The molecular formula is C23H25NO7. The summed E-state index contributed by atoms with van der Waals surface area (Å²) in [5.41, 5.74) is 0.819. The van der Waals surface area contributed by atoms with E-state index in [0.29, 0.717) is 25.9 Å². The average Bonchev–Trinajstić information content (AvgIpc) is 3.14. The first-order chi connectivity index (χ1) is 17.2. The van der Waals surface area contributed by atoms with E-state index in [-0.39, 0.29) is 29.9 Å². The van der Waals surface area contributed by atoms with E-state index in [1.54, 1.807) is 12.1 Å². The van der Waals surface area contributed by atoms with Gasteiger partial charge in [-0.1, -0.05) is 12.1 Å². The Balaban J connectivity index is 1.59. The summed E-state index contributed by atoms with van der Waals surface area (Å²) in [6.45, 7) is -5.11. The third-order valence-electron chi connectivity index (χ3n) is 7.01. The molecule has 1 fully saturated rings. The molecule has 31 heavy (non-hydrogen) atoms. The van der Waals surface area contributed by atoms with Crippen LogP contribution in [-0.2, 0) is 31.0 Å². The molecule has 2 heterocycles. The van der Waals surface area contributed by atoms with Gasteiger partial charge >= 0.3 is 17.9 Å². The van der Waals surface area contributed by atoms with Gasteiger partial charge in [-0.15, -0.1) is 0 Å². The number of nitrogens with zero attached hydrogens (tertiary/aromatic N) is 1. The molecular weight excluding hydrogens is 402 g/mol. The van der Waals surface area contributed by atoms with Crippen LogP contribution in [0.25, 0.3) is 0 Å². The van der Waals surface area contributed by atoms with Gasteiger partial charge in [0.25, 0.3) is 0 Å². The van der Waals surface area contributed by atoms with Crippen molar-refractivity contribution in [3.63, 3.8) is 0 Å². The predicted molar refractivity (Wildman–Crippen MR) is 108 cm³/mol. The van der Waals surface area contributed by atoms with Crippen LogP contribution >= 0.6 is 0 Å². The second-order valence-corrected chi connectivity index (χ2v) is 8.38. The molecule has 1 aromatic rings. The summed E-state index contributed by atoms with van der Waals surface area (Å²) >= 11 is 0. The Hall–Kier alpha value is -2.87. The predicted octanol–water partition coefficient (Wildman–Crippen LogP) is 1.83. The number of ether oxygens (including phenoxy) is 3. The van der Waals surface area contributed by atoms with Crippen LogP contribution < -0.4 is 9.47 Å². The standard InChI is InChI=1S/C23H25NO7/c1-12(25)29-17-5-3-14-11-16-15-4-6-18(30-13(2)26)22-23(15,20(14)21(17)31-22)8-10-24(16)9-7-19(27)28/h3-6,15-16,18,22H,7-11H2,1-2H3,(H,27,28)/t15-,16+,18-,22-,23-/m0/s1/i1D3,2D3. The Morgan fingerprint density at radius 2 is 2.13 bits per heavy atom. The second-order valence-electron chi connectivity index (χ2n) is 8.38. The van der Waals surface area contributed by atoms with Crippen molar-refractivity contribution in [1.82, 2.24) is 4.90 Å². The maximum Gasteiger partial charge on any atom is 0.308 e. The van der Waals surface area contributed by atoms with Gasteiger partial charge in [-0.3, -0.25) is 19.3 Å². The number of carbonyl (C=O) groups is 3. The summed E-state index contributed by atoms with van der Waals surface area (Å²) in [5.74, 6) is -3.78. The summed E-state index contributed by atoms with van der Waals surface area (Å²) < 4.78 is 61.1. The molecule has 0 amide bonds. The van der Waals surface area contributed by atoms with Gasteiger partial charge in [-0.2, -0.15) is 0 Å². The van der Waals surface area contributed by atoms with E-state index >= 15 is 0 Å². The van der Waals surface area contributed by atoms with E-state index in [1.165, 1.54) is 6.07 Å². The van der Waals surface area contributed by atoms with E-state index in [4.69, 9.17) is 22.4 Å². The highest BCUT2D eigenvalue weighted by molar-refractivity contribution is 5.73. The number of carbonyl (C=O) groups excluding carboxylic acids is 2. The second kappa shape index (κ2) is 7.09. The smallest absolute Gasteiger partial charge is 0.308 e. The summed E-state index contributed by atoms with van der Waals surface area (Å²) in [7, 11) is 0. The monoisotopic (exact) mass is 433 g/mol. The van der Waals surface area contributed by atoms with Crippen LogP contribution in [0.5, 0.6) is 11.5 Å². The molecule has 5 rings (SSSR count). The van der Waals surface area contributed by atoms with Crippen molar-refractivity contribution in [2.75, 3.05) is 13.1 Å². The number of esters is 2. The number of carboxylic acids is 1. The van der Waals surface area contributed by atoms with Crippen LogP contribution in [0.15, 0.2) is 24.3 Å². The summed E-state index contributed by atoms with van der Waals surface area (Å²) in [5, 5.41) is 9.22. The molecule has 4 aliphatic rings. The van der Waals surface area contributed by atoms with Crippen LogP contribution in [0.4, 0.5) is 0 Å². The minimum atomic E-state index is -2.99. The lowest BCUT2D eigenvalue weighted by molar-refractivity contribution is -0.152. The lowest BCUT2D eigenvalue weighted by atomic mass is 9.53. The van der Waals surface area contributed by atoms with Gasteiger partial charge in [0.05, 0.1) is 6.42 Å². The normalized spacial score (nSPS) is 35.7. The fourth-order valence-electron chi connectivity index (χ4n) is 6.02. The van der Waals surface area contributed by atoms with E-state index in [9.17, 15) is 19.5 Å². The van der Waals surface area contributed by atoms with E-state index in [2.05, 4.69) is 4.90 Å². The summed E-state index contributed by atoms with van der Waals surface area (Å²) in [6, 6.07) is 3.10. The molecule has 0 unspecified atom stereocenters. The number of rotatable bonds is 5. The molecule has 8 nitrogen and oxygen atoms in total. The minimum Gasteiger partial charge on any atom is -0.481 e. The molecule has 0 radical (unpaired) electrons. The van der Waals surface area contributed by atoms with Gasteiger partial charge in [0.1, 0.15) is 6.10 Å². The fourth-order valence-corrected chi connectivity index (χ4v) is 6.02. The largest absolute Gasteiger partial charge is 0.481 e. The Labute approximate surface area is 188 Å². The van der Waals surface area contributed by atoms with Crippen molar-refractivity contribution in [3.05, 3.63) is 35.4 Å². The molecule has 0 aromatic heterocycles. The number of benzene rings is 1. The third-order valence-corrected chi connectivity index (χ3v) is 7.01. The third kappa shape index (κ3) is 2.96. The number of aliphatic carboxylic acids is 1. The lowest BCUT2D eigenvalue weighted by Crippen LogP contribution is -2.66. The quantitative estimate of drug-likeness (QED) is 0.426. The molecule has 2 bridgehead atoms. The van der Waals surface area contributed by atoms with E-state index in [1.807, 2.05) is 6.08 Å². The van der Waals surface area contributed by atoms with Crippen LogP contribution in [0, 0.1) is 5.92 Å². The zero-order valence-corrected chi connectivity index (χ0v) is 16.5. The highest BCUT2D eigenvalue weighted by Gasteiger charge is 2.65. The highest BCUT2D eigenvalue weighted by Crippen LogP contribution is 2.62. The van der Waals surface area contributed by atoms with Crippen molar-refractivity contribution in [3.8, 4) is 11.5 Å². The fraction of sp³-hybridized carbons (Fsp3) is 0.522. The topological polar surface area (TPSA) is 102 Å². The van der Waals surface area contributed by atoms with Gasteiger partial charge in [-0.05, 0) is 37.1 Å². The molecule has 164 valence electrons. The first kappa shape index (κ1) is 14.2. The highest BCUT2D eigenvalue weighted by atomic mass is 16.6. The maximum atomic E-state index is 12.3. The Morgan fingerprint density at radius 1 is 1.29 bits per heavy atom. The average molecular weight is 433 g/mol. The van der Waals surface area contributed by atoms with Crippen molar-refractivity contribution in [2.45, 2.75) is 56.6 Å². The molecule has 2 aliphatic carbocycles. The number of hydrogen-bond acceptors (Lipinski definition) is 7. The SMILES string of the molecule is [2H]C([2H])([2H])C(=O)Oc1ccc2c3c1O[C@H]1[C@@H](OC(=O)C([2H])([2H])[2H])C=C[C@H]4[C@@H](C2)N(CCC(=O)O)CC[C@@]341. The van der Waals surface area contributed by atoms with Gasteiger partial charge in [-0.25, -0.2) is 0 Å². The molecule has 1 saturated heterocycles. The molecule has 0 saturated carbocycles. The molecule has 1 aromatic carbocycles. The van der Waals surface area contributed by atoms with Gasteiger partial charge in [0.2, 0.25) is 0 Å². The molecule has 2 aliphatic heterocycles. The number of carboxylic acid groups (broad SMARTS) is 1. The summed E-state index contributed by atoms with van der Waals surface area (Å²) in [4.78, 5) is 37.8. The minimum absolute atomic E-state index is 0.0270.